The van der Waals surface area contributed by atoms with Gasteiger partial charge in [0.2, 0.25) is 0 Å². The topological polar surface area (TPSA) is 20.7 Å². The van der Waals surface area contributed by atoms with Gasteiger partial charge in [0.15, 0.2) is 0 Å². The van der Waals surface area contributed by atoms with Crippen LogP contribution in [0.15, 0.2) is 6.07 Å². The fourth-order valence-corrected chi connectivity index (χ4v) is 1.49. The molecular weight excluding hydrogens is 168 g/mol. The van der Waals surface area contributed by atoms with Crippen molar-refractivity contribution in [2.24, 2.45) is 0 Å². The van der Waals surface area contributed by atoms with E-state index in [2.05, 4.69) is 32.8 Å². The fourth-order valence-electron chi connectivity index (χ4n) is 1.11. The summed E-state index contributed by atoms with van der Waals surface area (Å²) in [6.07, 6.45) is 0. The minimum absolute atomic E-state index is 0.421. The molecule has 0 atom stereocenters. The second-order valence-electron chi connectivity index (χ2n) is 3.67. The average molecular weight is 184 g/mol. The van der Waals surface area contributed by atoms with Gasteiger partial charge in [0, 0.05) is 11.7 Å². The summed E-state index contributed by atoms with van der Waals surface area (Å²) in [5.74, 6) is 0.520. The Morgan fingerprint density at radius 3 is 2.17 bits per heavy atom. The summed E-state index contributed by atoms with van der Waals surface area (Å²) in [5, 5.41) is 3.29. The summed E-state index contributed by atoms with van der Waals surface area (Å²) in [6, 6.07) is 2.46. The highest BCUT2D eigenvalue weighted by Crippen LogP contribution is 2.14. The van der Waals surface area contributed by atoms with Gasteiger partial charge in [-0.25, -0.2) is 0 Å². The summed E-state index contributed by atoms with van der Waals surface area (Å²) in [5.41, 5.74) is 1.22. The van der Waals surface area contributed by atoms with Crippen LogP contribution >= 0.6 is 12.2 Å². The molecule has 0 amide bonds. The highest BCUT2D eigenvalue weighted by molar-refractivity contribution is 7.71. The van der Waals surface area contributed by atoms with E-state index in [1.807, 2.05) is 10.7 Å². The van der Waals surface area contributed by atoms with E-state index in [1.165, 1.54) is 5.69 Å². The van der Waals surface area contributed by atoms with Gasteiger partial charge in [-0.05, 0) is 25.8 Å². The van der Waals surface area contributed by atoms with Gasteiger partial charge in [0.1, 0.15) is 4.64 Å². The minimum Gasteiger partial charge on any atom is -0.301 e. The molecule has 68 valence electrons. The molecule has 12 heavy (non-hydrogen) atoms. The number of nitrogens with zero attached hydrogens (tertiary/aromatic N) is 1. The molecule has 0 bridgehead atoms. The van der Waals surface area contributed by atoms with Crippen LogP contribution in [-0.2, 0) is 0 Å². The van der Waals surface area contributed by atoms with Crippen molar-refractivity contribution in [2.45, 2.75) is 39.7 Å². The molecule has 1 aromatic heterocycles. The number of nitrogens with one attached hydrogen (secondary N) is 1. The zero-order valence-electron chi connectivity index (χ0n) is 8.09. The standard InChI is InChI=1S/C9H16N2S/c1-6(2)8-5-9(12)11(10-8)7(3)4/h5-7,10H,1-4H3. The molecule has 0 radical (unpaired) electrons. The number of hydrogen-bond donors (Lipinski definition) is 1. The number of rotatable bonds is 2. The molecule has 0 aliphatic heterocycles. The van der Waals surface area contributed by atoms with Crippen molar-refractivity contribution in [3.63, 3.8) is 0 Å². The molecule has 0 saturated heterocycles. The third-order valence-corrected chi connectivity index (χ3v) is 2.22. The predicted molar refractivity (Wildman–Crippen MR) is 54.1 cm³/mol. The lowest BCUT2D eigenvalue weighted by Gasteiger charge is -2.07. The summed E-state index contributed by atoms with van der Waals surface area (Å²) in [4.78, 5) is 0. The van der Waals surface area contributed by atoms with Gasteiger partial charge in [0.25, 0.3) is 0 Å². The molecule has 1 heterocycles. The maximum atomic E-state index is 5.20. The molecule has 0 saturated carbocycles. The fraction of sp³-hybridized carbons (Fsp3) is 0.667. The van der Waals surface area contributed by atoms with E-state index in [1.54, 1.807) is 0 Å². The Hall–Kier alpha value is -0.570. The number of aromatic amines is 1. The zero-order chi connectivity index (χ0) is 9.30. The van der Waals surface area contributed by atoms with Crippen LogP contribution in [0.2, 0.25) is 0 Å². The van der Waals surface area contributed by atoms with Gasteiger partial charge in [-0.2, -0.15) is 0 Å². The number of aromatic nitrogens is 2. The minimum atomic E-state index is 0.421. The van der Waals surface area contributed by atoms with Crippen LogP contribution in [0, 0.1) is 4.64 Å². The Kier molecular flexibility index (Phi) is 2.73. The van der Waals surface area contributed by atoms with Crippen molar-refractivity contribution in [1.29, 1.82) is 0 Å². The molecule has 3 heteroatoms. The van der Waals surface area contributed by atoms with Crippen LogP contribution in [0.4, 0.5) is 0 Å². The second kappa shape index (κ2) is 3.44. The van der Waals surface area contributed by atoms with Crippen molar-refractivity contribution in [1.82, 2.24) is 9.78 Å². The zero-order valence-corrected chi connectivity index (χ0v) is 8.90. The van der Waals surface area contributed by atoms with Gasteiger partial charge in [-0.3, -0.25) is 4.68 Å². The molecule has 0 spiro atoms. The monoisotopic (exact) mass is 184 g/mol. The van der Waals surface area contributed by atoms with E-state index in [4.69, 9.17) is 12.2 Å². The van der Waals surface area contributed by atoms with Gasteiger partial charge >= 0.3 is 0 Å². The van der Waals surface area contributed by atoms with Gasteiger partial charge in [-0.15, -0.1) is 0 Å². The van der Waals surface area contributed by atoms with E-state index in [0.29, 0.717) is 12.0 Å². The van der Waals surface area contributed by atoms with Crippen LogP contribution in [0.1, 0.15) is 45.3 Å². The summed E-state index contributed by atoms with van der Waals surface area (Å²) in [6.45, 7) is 8.56. The maximum Gasteiger partial charge on any atom is 0.122 e. The molecular formula is C9H16N2S. The van der Waals surface area contributed by atoms with E-state index in [9.17, 15) is 0 Å². The summed E-state index contributed by atoms with van der Waals surface area (Å²) in [7, 11) is 0. The van der Waals surface area contributed by atoms with Gasteiger partial charge < -0.3 is 5.10 Å². The van der Waals surface area contributed by atoms with Gasteiger partial charge in [-0.1, -0.05) is 26.1 Å². The lowest BCUT2D eigenvalue weighted by molar-refractivity contribution is 0.517. The molecule has 1 rings (SSSR count). The van der Waals surface area contributed by atoms with Crippen LogP contribution < -0.4 is 0 Å². The van der Waals surface area contributed by atoms with E-state index < -0.39 is 0 Å². The maximum absolute atomic E-state index is 5.20. The molecule has 2 nitrogen and oxygen atoms in total. The first-order valence-corrected chi connectivity index (χ1v) is 4.74. The SMILES string of the molecule is CC(C)c1cc(=S)n(C(C)C)[nH]1. The molecule has 1 aromatic rings. The third-order valence-electron chi connectivity index (χ3n) is 1.90. The first-order valence-electron chi connectivity index (χ1n) is 4.33. The molecule has 0 aromatic carbocycles. The van der Waals surface area contributed by atoms with E-state index in [0.717, 1.165) is 4.64 Å². The van der Waals surface area contributed by atoms with Crippen LogP contribution in [0.25, 0.3) is 0 Å². The van der Waals surface area contributed by atoms with E-state index in [-0.39, 0.29) is 0 Å². The lowest BCUT2D eigenvalue weighted by atomic mass is 10.1. The normalized spacial score (nSPS) is 11.5. The first-order chi connectivity index (χ1) is 5.52. The number of hydrogen-bond acceptors (Lipinski definition) is 1. The molecule has 0 aliphatic carbocycles. The molecule has 0 unspecified atom stereocenters. The van der Waals surface area contributed by atoms with Gasteiger partial charge in [0.05, 0.1) is 0 Å². The Morgan fingerprint density at radius 1 is 1.33 bits per heavy atom. The highest BCUT2D eigenvalue weighted by Gasteiger charge is 2.05. The highest BCUT2D eigenvalue weighted by atomic mass is 32.1. The third kappa shape index (κ3) is 1.78. The Labute approximate surface area is 78.6 Å². The summed E-state index contributed by atoms with van der Waals surface area (Å²) >= 11 is 5.20. The van der Waals surface area contributed by atoms with Crippen LogP contribution in [-0.4, -0.2) is 9.78 Å². The molecule has 1 N–H and O–H groups in total. The lowest BCUT2D eigenvalue weighted by Crippen LogP contribution is -2.03. The smallest absolute Gasteiger partial charge is 0.122 e. The first kappa shape index (κ1) is 9.52. The van der Waals surface area contributed by atoms with Crippen molar-refractivity contribution < 1.29 is 0 Å². The van der Waals surface area contributed by atoms with Crippen molar-refractivity contribution >= 4 is 12.2 Å². The quantitative estimate of drug-likeness (QED) is 0.700. The second-order valence-corrected chi connectivity index (χ2v) is 4.09. The van der Waals surface area contributed by atoms with Crippen molar-refractivity contribution in [3.8, 4) is 0 Å². The molecule has 0 aliphatic rings. The largest absolute Gasteiger partial charge is 0.301 e. The predicted octanol–water partition coefficient (Wildman–Crippen LogP) is 3.25. The van der Waals surface area contributed by atoms with Crippen LogP contribution in [0.5, 0.6) is 0 Å². The van der Waals surface area contributed by atoms with E-state index >= 15 is 0 Å². The van der Waals surface area contributed by atoms with Crippen molar-refractivity contribution in [2.75, 3.05) is 0 Å². The summed E-state index contributed by atoms with van der Waals surface area (Å²) < 4.78 is 2.92. The number of H-pyrrole nitrogens is 1. The Bertz CT molecular complexity index is 307. The Morgan fingerprint density at radius 2 is 1.92 bits per heavy atom. The average Bonchev–Trinajstić information content (AvgIpc) is 2.30. The van der Waals surface area contributed by atoms with Crippen LogP contribution in [0.3, 0.4) is 0 Å². The van der Waals surface area contributed by atoms with Crippen molar-refractivity contribution in [3.05, 3.63) is 16.4 Å². The molecule has 0 fully saturated rings. The Balaban J connectivity index is 3.09.